The summed E-state index contributed by atoms with van der Waals surface area (Å²) in [6.45, 7) is 5.84. The highest BCUT2D eigenvalue weighted by atomic mass is 19.1. The minimum absolute atomic E-state index is 0.0481. The van der Waals surface area contributed by atoms with E-state index in [1.807, 2.05) is 32.0 Å². The monoisotopic (exact) mass is 389 g/mol. The van der Waals surface area contributed by atoms with Crippen LogP contribution in [0.1, 0.15) is 32.3 Å². The van der Waals surface area contributed by atoms with Crippen LogP contribution in [0, 0.1) is 5.82 Å². The topological polar surface area (TPSA) is 56.8 Å². The first-order chi connectivity index (χ1) is 13.6. The van der Waals surface area contributed by atoms with Crippen LogP contribution < -0.4 is 19.5 Å². The number of carbonyl (C=O) groups excluding carboxylic acids is 1. The molecule has 2 rings (SSSR count). The fraction of sp³-hybridized carbons (Fsp3) is 0.409. The molecule has 1 amide bonds. The van der Waals surface area contributed by atoms with E-state index < -0.39 is 5.82 Å². The highest BCUT2D eigenvalue weighted by Gasteiger charge is 2.07. The first-order valence-corrected chi connectivity index (χ1v) is 9.66. The summed E-state index contributed by atoms with van der Waals surface area (Å²) in [5.74, 6) is 1.22. The van der Waals surface area contributed by atoms with Crippen molar-refractivity contribution in [2.24, 2.45) is 0 Å². The van der Waals surface area contributed by atoms with Crippen molar-refractivity contribution in [3.63, 3.8) is 0 Å². The lowest BCUT2D eigenvalue weighted by Gasteiger charge is -2.12. The fourth-order valence-corrected chi connectivity index (χ4v) is 2.66. The molecular weight excluding hydrogens is 361 g/mol. The molecule has 0 spiro atoms. The molecule has 0 saturated carbocycles. The maximum absolute atomic E-state index is 13.4. The number of nitrogens with one attached hydrogen (secondary N) is 1. The molecular formula is C22H28FNO4. The zero-order valence-corrected chi connectivity index (χ0v) is 16.5. The summed E-state index contributed by atoms with van der Waals surface area (Å²) in [6.07, 6.45) is 1.56. The average Bonchev–Trinajstić information content (AvgIpc) is 2.69. The number of amides is 1. The summed E-state index contributed by atoms with van der Waals surface area (Å²) in [6, 6.07) is 12.1. The molecule has 2 aromatic rings. The fourth-order valence-electron chi connectivity index (χ4n) is 2.66. The van der Waals surface area contributed by atoms with Gasteiger partial charge in [0.2, 0.25) is 5.91 Å². The Hall–Kier alpha value is -2.76. The quantitative estimate of drug-likeness (QED) is 0.554. The van der Waals surface area contributed by atoms with Crippen LogP contribution in [0.15, 0.2) is 42.5 Å². The first kappa shape index (κ1) is 21.5. The second-order valence-corrected chi connectivity index (χ2v) is 6.13. The number of hydrogen-bond donors (Lipinski definition) is 1. The Morgan fingerprint density at radius 3 is 2.46 bits per heavy atom. The third kappa shape index (κ3) is 7.10. The Morgan fingerprint density at radius 1 is 0.964 bits per heavy atom. The van der Waals surface area contributed by atoms with Crippen molar-refractivity contribution in [2.45, 2.75) is 33.1 Å². The summed E-state index contributed by atoms with van der Waals surface area (Å²) in [5, 5.41) is 2.89. The van der Waals surface area contributed by atoms with E-state index in [4.69, 9.17) is 14.2 Å². The lowest BCUT2D eigenvalue weighted by Crippen LogP contribution is -2.25. The number of halogens is 1. The van der Waals surface area contributed by atoms with E-state index in [1.165, 1.54) is 6.07 Å². The molecule has 28 heavy (non-hydrogen) atoms. The summed E-state index contributed by atoms with van der Waals surface area (Å²) in [4.78, 5) is 11.9. The standard InChI is InChI=1S/C22H28FNO4/c1-3-26-20-12-11-17(16-21(20)27-4-2)13-14-24-22(25)10-7-15-28-19-9-6-5-8-18(19)23/h5-6,8-9,11-12,16H,3-4,7,10,13-15H2,1-2H3,(H,24,25). The van der Waals surface area contributed by atoms with Gasteiger partial charge in [0, 0.05) is 13.0 Å². The smallest absolute Gasteiger partial charge is 0.220 e. The van der Waals surface area contributed by atoms with Gasteiger partial charge < -0.3 is 19.5 Å². The zero-order valence-electron chi connectivity index (χ0n) is 16.5. The minimum Gasteiger partial charge on any atom is -0.491 e. The van der Waals surface area contributed by atoms with Gasteiger partial charge in [-0.25, -0.2) is 4.39 Å². The van der Waals surface area contributed by atoms with Gasteiger partial charge in [-0.1, -0.05) is 18.2 Å². The van der Waals surface area contributed by atoms with Crippen molar-refractivity contribution in [2.75, 3.05) is 26.4 Å². The van der Waals surface area contributed by atoms with Gasteiger partial charge in [-0.15, -0.1) is 0 Å². The highest BCUT2D eigenvalue weighted by molar-refractivity contribution is 5.75. The molecule has 0 aliphatic carbocycles. The van der Waals surface area contributed by atoms with Crippen LogP contribution in [-0.4, -0.2) is 32.3 Å². The lowest BCUT2D eigenvalue weighted by molar-refractivity contribution is -0.121. The van der Waals surface area contributed by atoms with E-state index in [2.05, 4.69) is 5.32 Å². The molecule has 5 nitrogen and oxygen atoms in total. The molecule has 0 aromatic heterocycles. The van der Waals surface area contributed by atoms with Crippen LogP contribution in [-0.2, 0) is 11.2 Å². The normalized spacial score (nSPS) is 10.4. The zero-order chi connectivity index (χ0) is 20.2. The van der Waals surface area contributed by atoms with Crippen LogP contribution >= 0.6 is 0 Å². The molecule has 152 valence electrons. The van der Waals surface area contributed by atoms with Gasteiger partial charge in [0.25, 0.3) is 0 Å². The largest absolute Gasteiger partial charge is 0.491 e. The van der Waals surface area contributed by atoms with Crippen molar-refractivity contribution in [1.29, 1.82) is 0 Å². The van der Waals surface area contributed by atoms with Crippen LogP contribution in [0.25, 0.3) is 0 Å². The van der Waals surface area contributed by atoms with Crippen molar-refractivity contribution >= 4 is 5.91 Å². The first-order valence-electron chi connectivity index (χ1n) is 9.66. The van der Waals surface area contributed by atoms with E-state index in [0.717, 1.165) is 17.1 Å². The molecule has 0 unspecified atom stereocenters. The SMILES string of the molecule is CCOc1ccc(CCNC(=O)CCCOc2ccccc2F)cc1OCC. The highest BCUT2D eigenvalue weighted by Crippen LogP contribution is 2.28. The summed E-state index contributed by atoms with van der Waals surface area (Å²) >= 11 is 0. The van der Waals surface area contributed by atoms with Gasteiger partial charge in [-0.05, 0) is 56.5 Å². The van der Waals surface area contributed by atoms with Gasteiger partial charge >= 0.3 is 0 Å². The lowest BCUT2D eigenvalue weighted by atomic mass is 10.1. The second-order valence-electron chi connectivity index (χ2n) is 6.13. The predicted octanol–water partition coefficient (Wildman–Crippen LogP) is 4.14. The van der Waals surface area contributed by atoms with E-state index >= 15 is 0 Å². The number of carbonyl (C=O) groups is 1. The minimum atomic E-state index is -0.395. The van der Waals surface area contributed by atoms with E-state index in [9.17, 15) is 9.18 Å². The van der Waals surface area contributed by atoms with Crippen molar-refractivity contribution in [3.05, 3.63) is 53.8 Å². The van der Waals surface area contributed by atoms with E-state index in [1.54, 1.807) is 18.2 Å². The molecule has 0 bridgehead atoms. The number of para-hydroxylation sites is 1. The van der Waals surface area contributed by atoms with Crippen molar-refractivity contribution in [1.82, 2.24) is 5.32 Å². The number of ether oxygens (including phenoxy) is 3. The molecule has 0 aliphatic heterocycles. The Bertz CT molecular complexity index is 751. The van der Waals surface area contributed by atoms with Crippen LogP contribution in [0.5, 0.6) is 17.2 Å². The molecule has 2 aromatic carbocycles. The predicted molar refractivity (Wildman–Crippen MR) is 107 cm³/mol. The molecule has 1 N–H and O–H groups in total. The number of hydrogen-bond acceptors (Lipinski definition) is 4. The number of rotatable bonds is 12. The average molecular weight is 389 g/mol. The number of benzene rings is 2. The molecule has 0 atom stereocenters. The van der Waals surface area contributed by atoms with Crippen LogP contribution in [0.4, 0.5) is 4.39 Å². The molecule has 0 fully saturated rings. The third-order valence-electron chi connectivity index (χ3n) is 3.99. The van der Waals surface area contributed by atoms with Gasteiger partial charge in [-0.3, -0.25) is 4.79 Å². The van der Waals surface area contributed by atoms with Gasteiger partial charge in [0.15, 0.2) is 23.1 Å². The second kappa shape index (κ2) is 11.8. The molecule has 0 saturated heterocycles. The maximum Gasteiger partial charge on any atom is 0.220 e. The third-order valence-corrected chi connectivity index (χ3v) is 3.99. The Morgan fingerprint density at radius 2 is 1.71 bits per heavy atom. The molecule has 0 aliphatic rings. The Kier molecular flexibility index (Phi) is 9.11. The Labute approximate surface area is 165 Å². The van der Waals surface area contributed by atoms with Crippen LogP contribution in [0.3, 0.4) is 0 Å². The van der Waals surface area contributed by atoms with Gasteiger partial charge in [-0.2, -0.15) is 0 Å². The maximum atomic E-state index is 13.4. The van der Waals surface area contributed by atoms with Crippen LogP contribution in [0.2, 0.25) is 0 Å². The summed E-state index contributed by atoms with van der Waals surface area (Å²) < 4.78 is 29.9. The van der Waals surface area contributed by atoms with Gasteiger partial charge in [0.05, 0.1) is 19.8 Å². The summed E-state index contributed by atoms with van der Waals surface area (Å²) in [7, 11) is 0. The molecule has 0 heterocycles. The van der Waals surface area contributed by atoms with E-state index in [0.29, 0.717) is 45.6 Å². The van der Waals surface area contributed by atoms with Crippen molar-refractivity contribution in [3.8, 4) is 17.2 Å². The molecule has 0 radical (unpaired) electrons. The van der Waals surface area contributed by atoms with Gasteiger partial charge in [0.1, 0.15) is 0 Å². The van der Waals surface area contributed by atoms with E-state index in [-0.39, 0.29) is 11.7 Å². The Balaban J connectivity index is 1.69. The summed E-state index contributed by atoms with van der Waals surface area (Å²) in [5.41, 5.74) is 1.06. The van der Waals surface area contributed by atoms with Crippen molar-refractivity contribution < 1.29 is 23.4 Å². The molecule has 6 heteroatoms.